The lowest BCUT2D eigenvalue weighted by Gasteiger charge is -2.12. The van der Waals surface area contributed by atoms with Gasteiger partial charge in [0.2, 0.25) is 5.95 Å². The summed E-state index contributed by atoms with van der Waals surface area (Å²) in [5.74, 6) is -0.0921. The third kappa shape index (κ3) is 5.10. The van der Waals surface area contributed by atoms with E-state index in [-0.39, 0.29) is 24.9 Å². The molecule has 0 radical (unpaired) electrons. The zero-order chi connectivity index (χ0) is 16.9. The first-order valence-corrected chi connectivity index (χ1v) is 7.03. The predicted molar refractivity (Wildman–Crippen MR) is 81.7 cm³/mol. The maximum atomic E-state index is 12.9. The first-order valence-electron chi connectivity index (χ1n) is 7.03. The van der Waals surface area contributed by atoms with Crippen LogP contribution in [0.5, 0.6) is 0 Å². The number of halogens is 3. The van der Waals surface area contributed by atoms with Crippen molar-refractivity contribution in [3.63, 3.8) is 0 Å². The van der Waals surface area contributed by atoms with E-state index in [1.807, 2.05) is 19.1 Å². The summed E-state index contributed by atoms with van der Waals surface area (Å²) in [6.07, 6.45) is -4.18. The summed E-state index contributed by atoms with van der Waals surface area (Å²) in [4.78, 5) is 7.48. The number of nitrogens with zero attached hydrogens (tertiary/aromatic N) is 2. The van der Waals surface area contributed by atoms with Crippen molar-refractivity contribution in [2.45, 2.75) is 19.5 Å². The standard InChI is InChI=1S/C15H17F3N4O/c1-10-3-5-11(6-4-10)20-13-9-12(15(16,17)18)21-14(22-13)19-7-2-8-23/h3-6,9,23H,2,7-8H2,1H3,(H2,19,20,21,22). The molecule has 0 saturated heterocycles. The van der Waals surface area contributed by atoms with E-state index in [4.69, 9.17) is 5.11 Å². The van der Waals surface area contributed by atoms with Crippen molar-refractivity contribution in [1.29, 1.82) is 0 Å². The molecule has 0 bridgehead atoms. The number of hydrogen-bond acceptors (Lipinski definition) is 5. The molecule has 1 aromatic carbocycles. The van der Waals surface area contributed by atoms with Crippen LogP contribution >= 0.6 is 0 Å². The molecule has 1 heterocycles. The number of anilines is 3. The number of aliphatic hydroxyl groups is 1. The van der Waals surface area contributed by atoms with Crippen LogP contribution < -0.4 is 10.6 Å². The summed E-state index contributed by atoms with van der Waals surface area (Å²) < 4.78 is 38.8. The van der Waals surface area contributed by atoms with Crippen LogP contribution in [0.1, 0.15) is 17.7 Å². The van der Waals surface area contributed by atoms with Gasteiger partial charge in [0.1, 0.15) is 5.82 Å². The van der Waals surface area contributed by atoms with Crippen LogP contribution in [0.15, 0.2) is 30.3 Å². The van der Waals surface area contributed by atoms with Gasteiger partial charge in [-0.05, 0) is 25.5 Å². The molecule has 5 nitrogen and oxygen atoms in total. The van der Waals surface area contributed by atoms with E-state index in [1.165, 1.54) is 0 Å². The molecule has 0 aliphatic heterocycles. The molecule has 0 atom stereocenters. The minimum atomic E-state index is -4.57. The molecular formula is C15H17F3N4O. The van der Waals surface area contributed by atoms with Crippen molar-refractivity contribution < 1.29 is 18.3 Å². The second kappa shape index (κ2) is 7.28. The van der Waals surface area contributed by atoms with Gasteiger partial charge in [-0.2, -0.15) is 18.2 Å². The Morgan fingerprint density at radius 2 is 1.83 bits per heavy atom. The number of nitrogens with one attached hydrogen (secondary N) is 2. The van der Waals surface area contributed by atoms with Crippen LogP contribution in [0.2, 0.25) is 0 Å². The van der Waals surface area contributed by atoms with Crippen LogP contribution in [0, 0.1) is 6.92 Å². The molecule has 23 heavy (non-hydrogen) atoms. The van der Waals surface area contributed by atoms with E-state index in [0.29, 0.717) is 12.1 Å². The molecule has 2 aromatic rings. The second-order valence-corrected chi connectivity index (χ2v) is 4.95. The van der Waals surface area contributed by atoms with E-state index in [0.717, 1.165) is 11.6 Å². The minimum Gasteiger partial charge on any atom is -0.396 e. The molecule has 0 unspecified atom stereocenters. The molecule has 1 aromatic heterocycles. The number of hydrogen-bond donors (Lipinski definition) is 3. The van der Waals surface area contributed by atoms with Gasteiger partial charge >= 0.3 is 6.18 Å². The second-order valence-electron chi connectivity index (χ2n) is 4.95. The third-order valence-electron chi connectivity index (χ3n) is 2.96. The third-order valence-corrected chi connectivity index (χ3v) is 2.96. The average molecular weight is 326 g/mol. The van der Waals surface area contributed by atoms with Crippen LogP contribution in [0.4, 0.5) is 30.6 Å². The number of rotatable bonds is 6. The summed E-state index contributed by atoms with van der Waals surface area (Å²) in [5, 5.41) is 14.2. The smallest absolute Gasteiger partial charge is 0.396 e. The number of benzene rings is 1. The highest BCUT2D eigenvalue weighted by atomic mass is 19.4. The largest absolute Gasteiger partial charge is 0.433 e. The Balaban J connectivity index is 2.25. The zero-order valence-corrected chi connectivity index (χ0v) is 12.5. The highest BCUT2D eigenvalue weighted by Crippen LogP contribution is 2.30. The fourth-order valence-corrected chi connectivity index (χ4v) is 1.80. The fraction of sp³-hybridized carbons (Fsp3) is 0.333. The van der Waals surface area contributed by atoms with E-state index in [9.17, 15) is 13.2 Å². The molecule has 3 N–H and O–H groups in total. The van der Waals surface area contributed by atoms with Crippen molar-refractivity contribution in [3.05, 3.63) is 41.6 Å². The van der Waals surface area contributed by atoms with Gasteiger partial charge in [0.05, 0.1) is 0 Å². The molecule has 8 heteroatoms. The highest BCUT2D eigenvalue weighted by Gasteiger charge is 2.33. The van der Waals surface area contributed by atoms with E-state index in [2.05, 4.69) is 20.6 Å². The van der Waals surface area contributed by atoms with Crippen LogP contribution in [-0.4, -0.2) is 28.2 Å². The molecule has 0 saturated carbocycles. The minimum absolute atomic E-state index is 0.0441. The maximum absolute atomic E-state index is 12.9. The summed E-state index contributed by atoms with van der Waals surface area (Å²) in [5.41, 5.74) is 0.637. The Morgan fingerprint density at radius 1 is 1.13 bits per heavy atom. The first kappa shape index (κ1) is 17.0. The fourth-order valence-electron chi connectivity index (χ4n) is 1.80. The van der Waals surface area contributed by atoms with Crippen molar-refractivity contribution in [2.24, 2.45) is 0 Å². The molecule has 0 aliphatic carbocycles. The lowest BCUT2D eigenvalue weighted by Crippen LogP contribution is -2.14. The number of alkyl halides is 3. The summed E-state index contributed by atoms with van der Waals surface area (Å²) in [6, 6.07) is 8.05. The Bertz CT molecular complexity index is 644. The van der Waals surface area contributed by atoms with E-state index >= 15 is 0 Å². The molecular weight excluding hydrogens is 309 g/mol. The summed E-state index contributed by atoms with van der Waals surface area (Å²) >= 11 is 0. The molecule has 0 amide bonds. The van der Waals surface area contributed by atoms with Crippen molar-refractivity contribution >= 4 is 17.5 Å². The van der Waals surface area contributed by atoms with E-state index in [1.54, 1.807) is 12.1 Å². The van der Waals surface area contributed by atoms with Crippen molar-refractivity contribution in [1.82, 2.24) is 9.97 Å². The molecule has 0 aliphatic rings. The Kier molecular flexibility index (Phi) is 5.38. The summed E-state index contributed by atoms with van der Waals surface area (Å²) in [7, 11) is 0. The van der Waals surface area contributed by atoms with Gasteiger partial charge in [0.25, 0.3) is 0 Å². The van der Waals surface area contributed by atoms with Crippen molar-refractivity contribution in [2.75, 3.05) is 23.8 Å². The van der Waals surface area contributed by atoms with Crippen molar-refractivity contribution in [3.8, 4) is 0 Å². The predicted octanol–water partition coefficient (Wildman–Crippen LogP) is 3.34. The molecule has 0 fully saturated rings. The van der Waals surface area contributed by atoms with Crippen LogP contribution in [0.3, 0.4) is 0 Å². The maximum Gasteiger partial charge on any atom is 0.433 e. The Labute approximate surface area is 131 Å². The zero-order valence-electron chi connectivity index (χ0n) is 12.5. The monoisotopic (exact) mass is 326 g/mol. The Hall–Kier alpha value is -2.35. The van der Waals surface area contributed by atoms with Gasteiger partial charge in [-0.1, -0.05) is 17.7 Å². The highest BCUT2D eigenvalue weighted by molar-refractivity contribution is 5.58. The quantitative estimate of drug-likeness (QED) is 0.710. The molecule has 2 rings (SSSR count). The van der Waals surface area contributed by atoms with Gasteiger partial charge in [0, 0.05) is 24.9 Å². The van der Waals surface area contributed by atoms with Gasteiger partial charge < -0.3 is 15.7 Å². The Morgan fingerprint density at radius 3 is 2.43 bits per heavy atom. The van der Waals surface area contributed by atoms with E-state index < -0.39 is 11.9 Å². The van der Waals surface area contributed by atoms with Crippen LogP contribution in [-0.2, 0) is 6.18 Å². The lowest BCUT2D eigenvalue weighted by atomic mass is 10.2. The van der Waals surface area contributed by atoms with Crippen LogP contribution in [0.25, 0.3) is 0 Å². The summed E-state index contributed by atoms with van der Waals surface area (Å²) in [6.45, 7) is 2.13. The number of aryl methyl sites for hydroxylation is 1. The van der Waals surface area contributed by atoms with Gasteiger partial charge in [-0.25, -0.2) is 4.98 Å². The normalized spacial score (nSPS) is 11.3. The number of aliphatic hydroxyl groups excluding tert-OH is 1. The first-order chi connectivity index (χ1) is 10.9. The lowest BCUT2D eigenvalue weighted by molar-refractivity contribution is -0.141. The average Bonchev–Trinajstić information content (AvgIpc) is 2.49. The van der Waals surface area contributed by atoms with Gasteiger partial charge in [-0.3, -0.25) is 0 Å². The van der Waals surface area contributed by atoms with Gasteiger partial charge in [-0.15, -0.1) is 0 Å². The SMILES string of the molecule is Cc1ccc(Nc2cc(C(F)(F)F)nc(NCCCO)n2)cc1. The number of aromatic nitrogens is 2. The molecule has 0 spiro atoms. The topological polar surface area (TPSA) is 70.1 Å². The molecule has 124 valence electrons. The van der Waals surface area contributed by atoms with Gasteiger partial charge in [0.15, 0.2) is 5.69 Å².